The van der Waals surface area contributed by atoms with Gasteiger partial charge in [-0.25, -0.2) is 5.43 Å². The van der Waals surface area contributed by atoms with Crippen molar-refractivity contribution in [1.29, 1.82) is 0 Å². The minimum absolute atomic E-state index is 0.0778. The third-order valence-corrected chi connectivity index (χ3v) is 3.04. The lowest BCUT2D eigenvalue weighted by molar-refractivity contribution is -0.122. The zero-order valence-electron chi connectivity index (χ0n) is 13.9. The molecule has 1 aromatic heterocycles. The number of amides is 2. The smallest absolute Gasteiger partial charge is 0.261 e. The van der Waals surface area contributed by atoms with Gasteiger partial charge >= 0.3 is 0 Å². The minimum Gasteiger partial charge on any atom is -0.493 e. The number of methoxy groups -OCH3 is 1. The van der Waals surface area contributed by atoms with Gasteiger partial charge in [0.25, 0.3) is 11.8 Å². The van der Waals surface area contributed by atoms with Crippen LogP contribution in [0.4, 0.5) is 0 Å². The Labute approximate surface area is 144 Å². The summed E-state index contributed by atoms with van der Waals surface area (Å²) in [7, 11) is 1.47. The van der Waals surface area contributed by atoms with Crippen molar-refractivity contribution in [2.75, 3.05) is 13.7 Å². The van der Waals surface area contributed by atoms with Crippen molar-refractivity contribution in [2.45, 2.75) is 13.5 Å². The molecule has 0 saturated carbocycles. The first kappa shape index (κ1) is 18.0. The molecule has 0 radical (unpaired) electrons. The Morgan fingerprint density at radius 3 is 2.80 bits per heavy atom. The molecule has 25 heavy (non-hydrogen) atoms. The molecular formula is C16H19N5O4. The van der Waals surface area contributed by atoms with Crippen LogP contribution in [-0.4, -0.2) is 41.5 Å². The van der Waals surface area contributed by atoms with E-state index in [1.54, 1.807) is 24.4 Å². The number of ether oxygens (including phenoxy) is 2. The quantitative estimate of drug-likeness (QED) is 0.523. The van der Waals surface area contributed by atoms with Gasteiger partial charge in [0.15, 0.2) is 18.1 Å². The number of nitrogens with zero attached hydrogens (tertiary/aromatic N) is 3. The number of hydrogen-bond acceptors (Lipinski definition) is 6. The lowest BCUT2D eigenvalue weighted by atomic mass is 10.2. The van der Waals surface area contributed by atoms with Gasteiger partial charge in [0.1, 0.15) is 6.54 Å². The molecule has 132 valence electrons. The van der Waals surface area contributed by atoms with Crippen molar-refractivity contribution in [3.63, 3.8) is 0 Å². The van der Waals surface area contributed by atoms with E-state index in [0.717, 1.165) is 5.69 Å². The number of nitrogens with two attached hydrogens (primary N) is 1. The van der Waals surface area contributed by atoms with E-state index in [4.69, 9.17) is 15.2 Å². The van der Waals surface area contributed by atoms with E-state index >= 15 is 0 Å². The van der Waals surface area contributed by atoms with Crippen LogP contribution in [-0.2, 0) is 16.1 Å². The Hall–Kier alpha value is -3.36. The zero-order chi connectivity index (χ0) is 18.2. The van der Waals surface area contributed by atoms with E-state index in [0.29, 0.717) is 17.1 Å². The fraction of sp³-hybridized carbons (Fsp3) is 0.250. The number of hydrazone groups is 1. The summed E-state index contributed by atoms with van der Waals surface area (Å²) in [6.45, 7) is 1.68. The van der Waals surface area contributed by atoms with Crippen LogP contribution in [0.2, 0.25) is 0 Å². The van der Waals surface area contributed by atoms with Crippen LogP contribution in [0.25, 0.3) is 0 Å². The average molecular weight is 345 g/mol. The zero-order valence-corrected chi connectivity index (χ0v) is 13.9. The van der Waals surface area contributed by atoms with E-state index in [1.165, 1.54) is 18.0 Å². The molecule has 2 aromatic rings. The predicted molar refractivity (Wildman–Crippen MR) is 90.4 cm³/mol. The van der Waals surface area contributed by atoms with Gasteiger partial charge in [0.05, 0.1) is 19.0 Å². The first-order valence-electron chi connectivity index (χ1n) is 7.39. The monoisotopic (exact) mass is 345 g/mol. The topological polar surface area (TPSA) is 121 Å². The van der Waals surface area contributed by atoms with Gasteiger partial charge in [-0.2, -0.15) is 10.2 Å². The normalized spacial score (nSPS) is 10.6. The molecule has 0 fully saturated rings. The van der Waals surface area contributed by atoms with Crippen molar-refractivity contribution in [3.05, 3.63) is 41.7 Å². The number of carbonyl (C=O) groups is 2. The SMILES string of the molecule is COc1cc(/C=N/NC(=O)Cn2ccc(C)n2)ccc1OCC(N)=O. The Morgan fingerprint density at radius 1 is 1.36 bits per heavy atom. The average Bonchev–Trinajstić information content (AvgIpc) is 2.98. The fourth-order valence-corrected chi connectivity index (χ4v) is 1.95. The molecule has 0 aliphatic rings. The maximum atomic E-state index is 11.8. The number of primary amides is 1. The number of hydrogen-bond donors (Lipinski definition) is 2. The summed E-state index contributed by atoms with van der Waals surface area (Å²) >= 11 is 0. The van der Waals surface area contributed by atoms with Gasteiger partial charge in [-0.05, 0) is 36.8 Å². The van der Waals surface area contributed by atoms with E-state index in [1.807, 2.05) is 13.0 Å². The molecule has 1 aromatic carbocycles. The molecular weight excluding hydrogens is 326 g/mol. The number of aryl methyl sites for hydroxylation is 1. The second-order valence-corrected chi connectivity index (χ2v) is 5.11. The van der Waals surface area contributed by atoms with E-state index in [-0.39, 0.29) is 19.1 Å². The molecule has 9 nitrogen and oxygen atoms in total. The summed E-state index contributed by atoms with van der Waals surface area (Å²) in [6.07, 6.45) is 3.18. The molecule has 0 unspecified atom stereocenters. The van der Waals surface area contributed by atoms with Gasteiger partial charge < -0.3 is 15.2 Å². The number of benzene rings is 1. The number of nitrogens with one attached hydrogen (secondary N) is 1. The summed E-state index contributed by atoms with van der Waals surface area (Å²) in [5.74, 6) is -0.0735. The third-order valence-electron chi connectivity index (χ3n) is 3.04. The molecule has 9 heteroatoms. The highest BCUT2D eigenvalue weighted by atomic mass is 16.5. The highest BCUT2D eigenvalue weighted by Gasteiger charge is 2.07. The van der Waals surface area contributed by atoms with Crippen molar-refractivity contribution >= 4 is 18.0 Å². The van der Waals surface area contributed by atoms with E-state index in [9.17, 15) is 9.59 Å². The summed E-state index contributed by atoms with van der Waals surface area (Å²) in [5.41, 5.74) is 8.97. The van der Waals surface area contributed by atoms with Crippen LogP contribution in [0.5, 0.6) is 11.5 Å². The standard InChI is InChI=1S/C16H19N5O4/c1-11-5-6-21(20-11)9-16(23)19-18-8-12-3-4-13(14(7-12)24-2)25-10-15(17)22/h3-8H,9-10H2,1-2H3,(H2,17,22)(H,19,23)/b18-8+. The molecule has 0 aliphatic heterocycles. The minimum atomic E-state index is -0.581. The van der Waals surface area contributed by atoms with Gasteiger partial charge in [0.2, 0.25) is 0 Å². The first-order valence-corrected chi connectivity index (χ1v) is 7.39. The fourth-order valence-electron chi connectivity index (χ4n) is 1.95. The molecule has 0 aliphatic carbocycles. The lowest BCUT2D eigenvalue weighted by Crippen LogP contribution is -2.23. The maximum Gasteiger partial charge on any atom is 0.261 e. The van der Waals surface area contributed by atoms with E-state index < -0.39 is 5.91 Å². The second kappa shape index (κ2) is 8.48. The third kappa shape index (κ3) is 5.65. The summed E-state index contributed by atoms with van der Waals surface area (Å²) in [5, 5.41) is 8.01. The molecule has 0 atom stereocenters. The molecule has 0 saturated heterocycles. The highest BCUT2D eigenvalue weighted by Crippen LogP contribution is 2.27. The predicted octanol–water partition coefficient (Wildman–Crippen LogP) is 0.215. The van der Waals surface area contributed by atoms with Crippen LogP contribution in [0.1, 0.15) is 11.3 Å². The van der Waals surface area contributed by atoms with Gasteiger partial charge in [-0.15, -0.1) is 0 Å². The Kier molecular flexibility index (Phi) is 6.10. The molecule has 1 heterocycles. The molecule has 2 rings (SSSR count). The summed E-state index contributed by atoms with van der Waals surface area (Å²) in [6, 6.07) is 6.79. The maximum absolute atomic E-state index is 11.8. The first-order chi connectivity index (χ1) is 12.0. The van der Waals surface area contributed by atoms with Crippen molar-refractivity contribution < 1.29 is 19.1 Å². The van der Waals surface area contributed by atoms with Crippen molar-refractivity contribution in [1.82, 2.24) is 15.2 Å². The molecule has 3 N–H and O–H groups in total. The number of rotatable bonds is 8. The van der Waals surface area contributed by atoms with Crippen LogP contribution in [0, 0.1) is 6.92 Å². The summed E-state index contributed by atoms with van der Waals surface area (Å²) < 4.78 is 11.9. The highest BCUT2D eigenvalue weighted by molar-refractivity contribution is 5.83. The largest absolute Gasteiger partial charge is 0.493 e. The molecule has 2 amide bonds. The van der Waals surface area contributed by atoms with Crippen LogP contribution < -0.4 is 20.6 Å². The van der Waals surface area contributed by atoms with Crippen LogP contribution >= 0.6 is 0 Å². The van der Waals surface area contributed by atoms with Gasteiger partial charge in [-0.3, -0.25) is 14.3 Å². The van der Waals surface area contributed by atoms with Crippen molar-refractivity contribution in [3.8, 4) is 11.5 Å². The second-order valence-electron chi connectivity index (χ2n) is 5.11. The van der Waals surface area contributed by atoms with Gasteiger partial charge in [-0.1, -0.05) is 0 Å². The van der Waals surface area contributed by atoms with E-state index in [2.05, 4.69) is 15.6 Å². The lowest BCUT2D eigenvalue weighted by Gasteiger charge is -2.09. The molecule has 0 bridgehead atoms. The summed E-state index contributed by atoms with van der Waals surface area (Å²) in [4.78, 5) is 22.5. The Bertz CT molecular complexity index is 785. The number of aromatic nitrogens is 2. The molecule has 0 spiro atoms. The van der Waals surface area contributed by atoms with Crippen LogP contribution in [0.15, 0.2) is 35.6 Å². The van der Waals surface area contributed by atoms with Crippen LogP contribution in [0.3, 0.4) is 0 Å². The Morgan fingerprint density at radius 2 is 2.16 bits per heavy atom. The Balaban J connectivity index is 1.93. The van der Waals surface area contributed by atoms with Crippen molar-refractivity contribution in [2.24, 2.45) is 10.8 Å². The number of carbonyl (C=O) groups excluding carboxylic acids is 2. The van der Waals surface area contributed by atoms with Gasteiger partial charge in [0, 0.05) is 6.20 Å².